The van der Waals surface area contributed by atoms with Crippen molar-refractivity contribution in [1.82, 2.24) is 9.88 Å². The van der Waals surface area contributed by atoms with Crippen molar-refractivity contribution in [1.29, 1.82) is 0 Å². The summed E-state index contributed by atoms with van der Waals surface area (Å²) in [5.74, 6) is 3.30. The predicted molar refractivity (Wildman–Crippen MR) is 94.5 cm³/mol. The third kappa shape index (κ3) is 3.30. The van der Waals surface area contributed by atoms with Crippen molar-refractivity contribution in [3.63, 3.8) is 0 Å². The van der Waals surface area contributed by atoms with Gasteiger partial charge < -0.3 is 4.90 Å². The summed E-state index contributed by atoms with van der Waals surface area (Å²) in [6, 6.07) is 8.12. The summed E-state index contributed by atoms with van der Waals surface area (Å²) >= 11 is 1.40. The van der Waals surface area contributed by atoms with E-state index in [4.69, 9.17) is 6.42 Å². The van der Waals surface area contributed by atoms with Crippen LogP contribution < -0.4 is 0 Å². The maximum absolute atomic E-state index is 12.8. The number of hydrogen-bond acceptors (Lipinski definition) is 3. The molecule has 1 saturated heterocycles. The summed E-state index contributed by atoms with van der Waals surface area (Å²) in [5.41, 5.74) is 2.67. The van der Waals surface area contributed by atoms with Gasteiger partial charge in [0.1, 0.15) is 15.6 Å². The minimum atomic E-state index is 0.0284. The minimum Gasteiger partial charge on any atom is -0.338 e. The monoisotopic (exact) mass is 324 g/mol. The molecule has 118 valence electrons. The van der Waals surface area contributed by atoms with E-state index in [0.717, 1.165) is 36.5 Å². The van der Waals surface area contributed by atoms with Crippen LogP contribution in [0.15, 0.2) is 24.3 Å². The van der Waals surface area contributed by atoms with Gasteiger partial charge in [-0.2, -0.15) is 0 Å². The zero-order chi connectivity index (χ0) is 16.4. The highest BCUT2D eigenvalue weighted by Gasteiger charge is 2.26. The smallest absolute Gasteiger partial charge is 0.266 e. The Morgan fingerprint density at radius 3 is 2.57 bits per heavy atom. The van der Waals surface area contributed by atoms with Crippen molar-refractivity contribution in [3.05, 3.63) is 40.4 Å². The summed E-state index contributed by atoms with van der Waals surface area (Å²) in [6.45, 7) is 5.89. The van der Waals surface area contributed by atoms with Gasteiger partial charge in [0.2, 0.25) is 0 Å². The average molecular weight is 324 g/mol. The summed E-state index contributed by atoms with van der Waals surface area (Å²) in [6.07, 6.45) is 7.69. The van der Waals surface area contributed by atoms with Crippen LogP contribution in [0.5, 0.6) is 0 Å². The summed E-state index contributed by atoms with van der Waals surface area (Å²) in [5, 5.41) is 0.812. The molecule has 0 N–H and O–H groups in total. The number of aromatic nitrogens is 1. The molecule has 0 radical (unpaired) electrons. The SMILES string of the molecule is C#Cc1nc(-c2ccc(C)cc2)sc1C(=O)N1CCC(C)CC1. The first kappa shape index (κ1) is 15.8. The lowest BCUT2D eigenvalue weighted by molar-refractivity contribution is 0.0701. The molecule has 2 aromatic rings. The molecule has 1 aliphatic heterocycles. The Balaban J connectivity index is 1.89. The number of likely N-dealkylation sites (tertiary alicyclic amines) is 1. The molecule has 0 unspecified atom stereocenters. The van der Waals surface area contributed by atoms with Gasteiger partial charge in [-0.05, 0) is 31.6 Å². The Bertz CT molecular complexity index is 747. The van der Waals surface area contributed by atoms with Crippen molar-refractivity contribution >= 4 is 17.2 Å². The van der Waals surface area contributed by atoms with E-state index in [1.807, 2.05) is 36.1 Å². The second kappa shape index (κ2) is 6.55. The van der Waals surface area contributed by atoms with E-state index in [9.17, 15) is 4.79 Å². The first-order valence-corrected chi connectivity index (χ1v) is 8.74. The van der Waals surface area contributed by atoms with E-state index in [2.05, 4.69) is 17.8 Å². The molecule has 3 nitrogen and oxygen atoms in total. The number of hydrogen-bond donors (Lipinski definition) is 0. The average Bonchev–Trinajstić information content (AvgIpc) is 3.00. The highest BCUT2D eigenvalue weighted by molar-refractivity contribution is 7.17. The van der Waals surface area contributed by atoms with Gasteiger partial charge in [-0.25, -0.2) is 4.98 Å². The molecule has 1 aromatic carbocycles. The second-order valence-corrected chi connectivity index (χ2v) is 7.18. The fourth-order valence-electron chi connectivity index (χ4n) is 2.74. The summed E-state index contributed by atoms with van der Waals surface area (Å²) < 4.78 is 0. The normalized spacial score (nSPS) is 15.4. The third-order valence-electron chi connectivity index (χ3n) is 4.33. The number of rotatable bonds is 2. The first-order chi connectivity index (χ1) is 11.1. The van der Waals surface area contributed by atoms with Crippen LogP contribution in [0.25, 0.3) is 10.6 Å². The molecule has 3 rings (SSSR count). The van der Waals surface area contributed by atoms with E-state index in [0.29, 0.717) is 16.5 Å². The molecule has 1 aromatic heterocycles. The number of benzene rings is 1. The molecule has 4 heteroatoms. The van der Waals surface area contributed by atoms with Crippen molar-refractivity contribution in [3.8, 4) is 22.9 Å². The number of amides is 1. The second-order valence-electron chi connectivity index (χ2n) is 6.18. The van der Waals surface area contributed by atoms with Crippen LogP contribution in [0, 0.1) is 25.2 Å². The Labute approximate surface area is 141 Å². The molecule has 23 heavy (non-hydrogen) atoms. The molecule has 0 saturated carbocycles. The van der Waals surface area contributed by atoms with Crippen molar-refractivity contribution in [2.24, 2.45) is 5.92 Å². The predicted octanol–water partition coefficient (Wildman–Crippen LogP) is 3.97. The van der Waals surface area contributed by atoms with Crippen LogP contribution in [0.2, 0.25) is 0 Å². The largest absolute Gasteiger partial charge is 0.338 e. The Morgan fingerprint density at radius 2 is 1.96 bits per heavy atom. The molecule has 1 amide bonds. The summed E-state index contributed by atoms with van der Waals surface area (Å²) in [7, 11) is 0. The molecular formula is C19H20N2OS. The lowest BCUT2D eigenvalue weighted by Crippen LogP contribution is -2.37. The van der Waals surface area contributed by atoms with Crippen LogP contribution in [0.3, 0.4) is 0 Å². The number of nitrogens with zero attached hydrogens (tertiary/aromatic N) is 2. The number of carbonyl (C=O) groups is 1. The lowest BCUT2D eigenvalue weighted by atomic mass is 9.99. The number of thiazole rings is 1. The van der Waals surface area contributed by atoms with E-state index < -0.39 is 0 Å². The van der Waals surface area contributed by atoms with Crippen molar-refractivity contribution in [2.75, 3.05) is 13.1 Å². The van der Waals surface area contributed by atoms with Gasteiger partial charge in [0.15, 0.2) is 0 Å². The fraction of sp³-hybridized carbons (Fsp3) is 0.368. The van der Waals surface area contributed by atoms with E-state index in [1.165, 1.54) is 16.9 Å². The van der Waals surface area contributed by atoms with Crippen LogP contribution in [0.1, 0.15) is 40.7 Å². The molecule has 1 aliphatic rings. The number of terminal acetylenes is 1. The zero-order valence-corrected chi connectivity index (χ0v) is 14.3. The maximum Gasteiger partial charge on any atom is 0.266 e. The highest BCUT2D eigenvalue weighted by Crippen LogP contribution is 2.30. The Kier molecular flexibility index (Phi) is 4.49. The van der Waals surface area contributed by atoms with Gasteiger partial charge >= 0.3 is 0 Å². The Hall–Kier alpha value is -2.12. The van der Waals surface area contributed by atoms with Crippen molar-refractivity contribution < 1.29 is 4.79 Å². The molecule has 2 heterocycles. The standard InChI is InChI=1S/C19H20N2OS/c1-4-16-17(19(22)21-11-9-14(3)10-12-21)23-18(20-16)15-7-5-13(2)6-8-15/h1,5-8,14H,9-12H2,2-3H3. The van der Waals surface area contributed by atoms with E-state index >= 15 is 0 Å². The van der Waals surface area contributed by atoms with Gasteiger partial charge in [-0.1, -0.05) is 36.8 Å². The van der Waals surface area contributed by atoms with Crippen LogP contribution in [-0.2, 0) is 0 Å². The minimum absolute atomic E-state index is 0.0284. The summed E-state index contributed by atoms with van der Waals surface area (Å²) in [4.78, 5) is 19.8. The number of aryl methyl sites for hydroxylation is 1. The zero-order valence-electron chi connectivity index (χ0n) is 13.5. The molecule has 0 bridgehead atoms. The van der Waals surface area contributed by atoms with Gasteiger partial charge in [0.05, 0.1) is 0 Å². The molecular weight excluding hydrogens is 304 g/mol. The highest BCUT2D eigenvalue weighted by atomic mass is 32.1. The number of carbonyl (C=O) groups excluding carboxylic acids is 1. The fourth-order valence-corrected chi connectivity index (χ4v) is 3.74. The third-order valence-corrected chi connectivity index (χ3v) is 5.42. The first-order valence-electron chi connectivity index (χ1n) is 7.92. The molecule has 0 aliphatic carbocycles. The molecule has 0 atom stereocenters. The molecule has 1 fully saturated rings. The van der Waals surface area contributed by atoms with Gasteiger partial charge in [0, 0.05) is 18.7 Å². The van der Waals surface area contributed by atoms with E-state index in [1.54, 1.807) is 0 Å². The quantitative estimate of drug-likeness (QED) is 0.783. The van der Waals surface area contributed by atoms with Gasteiger partial charge in [-0.15, -0.1) is 17.8 Å². The Morgan fingerprint density at radius 1 is 1.30 bits per heavy atom. The topological polar surface area (TPSA) is 33.2 Å². The maximum atomic E-state index is 12.8. The van der Waals surface area contributed by atoms with Gasteiger partial charge in [0.25, 0.3) is 5.91 Å². The number of piperidine rings is 1. The van der Waals surface area contributed by atoms with Crippen LogP contribution in [-0.4, -0.2) is 28.9 Å². The van der Waals surface area contributed by atoms with Crippen LogP contribution in [0.4, 0.5) is 0 Å². The lowest BCUT2D eigenvalue weighted by Gasteiger charge is -2.29. The van der Waals surface area contributed by atoms with E-state index in [-0.39, 0.29) is 5.91 Å². The van der Waals surface area contributed by atoms with Gasteiger partial charge in [-0.3, -0.25) is 4.79 Å². The van der Waals surface area contributed by atoms with Crippen LogP contribution >= 0.6 is 11.3 Å². The van der Waals surface area contributed by atoms with Crippen molar-refractivity contribution in [2.45, 2.75) is 26.7 Å². The molecule has 0 spiro atoms.